The molecule has 0 bridgehead atoms. The maximum absolute atomic E-state index is 12.9. The summed E-state index contributed by atoms with van der Waals surface area (Å²) in [6, 6.07) is 16.0. The highest BCUT2D eigenvalue weighted by Gasteiger charge is 2.28. The summed E-state index contributed by atoms with van der Waals surface area (Å²) in [7, 11) is 0. The molecule has 0 aromatic heterocycles. The summed E-state index contributed by atoms with van der Waals surface area (Å²) in [5.74, 6) is 0.287. The van der Waals surface area contributed by atoms with E-state index in [0.717, 1.165) is 39.8 Å². The molecule has 0 N–H and O–H groups in total. The van der Waals surface area contributed by atoms with Crippen LogP contribution in [0.15, 0.2) is 48.5 Å². The quantitative estimate of drug-likeness (QED) is 0.804. The molecular weight excluding hydrogens is 296 g/mol. The number of fused-ring (bicyclic) bond motifs is 1. The highest BCUT2D eigenvalue weighted by molar-refractivity contribution is 6.31. The summed E-state index contributed by atoms with van der Waals surface area (Å²) in [6.45, 7) is 3.97. The van der Waals surface area contributed by atoms with Gasteiger partial charge in [-0.15, -0.1) is 0 Å². The number of carbonyl (C=O) groups is 2. The highest BCUT2D eigenvalue weighted by Crippen LogP contribution is 2.38. The fourth-order valence-corrected chi connectivity index (χ4v) is 3.42. The third-order valence-corrected chi connectivity index (χ3v) is 4.71. The first-order chi connectivity index (χ1) is 11.7. The third-order valence-electron chi connectivity index (χ3n) is 4.71. The number of hydrogen-bond acceptors (Lipinski definition) is 2. The molecule has 2 aromatic carbocycles. The number of aryl methyl sites for hydroxylation is 1. The number of rotatable bonds is 5. The summed E-state index contributed by atoms with van der Waals surface area (Å²) in [4.78, 5) is 25.1. The second kappa shape index (κ2) is 6.96. The largest absolute Gasteiger partial charge is 0.299 e. The molecule has 2 aromatic rings. The topological polar surface area (TPSA) is 34.1 Å². The minimum atomic E-state index is 0.119. The van der Waals surface area contributed by atoms with Gasteiger partial charge < -0.3 is 0 Å². The summed E-state index contributed by atoms with van der Waals surface area (Å²) >= 11 is 0. The molecule has 1 aliphatic rings. The van der Waals surface area contributed by atoms with Gasteiger partial charge in [-0.3, -0.25) is 9.59 Å². The van der Waals surface area contributed by atoms with Crippen molar-refractivity contribution in [3.63, 3.8) is 0 Å². The maximum Gasteiger partial charge on any atom is 0.168 e. The van der Waals surface area contributed by atoms with Gasteiger partial charge in [0.2, 0.25) is 0 Å². The first-order valence-corrected chi connectivity index (χ1v) is 8.60. The van der Waals surface area contributed by atoms with E-state index in [1.54, 1.807) is 0 Å². The molecule has 0 spiro atoms. The zero-order valence-corrected chi connectivity index (χ0v) is 14.3. The summed E-state index contributed by atoms with van der Waals surface area (Å²) < 4.78 is 0. The first-order valence-electron chi connectivity index (χ1n) is 8.60. The van der Waals surface area contributed by atoms with Gasteiger partial charge in [0, 0.05) is 24.8 Å². The van der Waals surface area contributed by atoms with Crippen molar-refractivity contribution in [2.75, 3.05) is 0 Å². The Kier molecular flexibility index (Phi) is 4.75. The lowest BCUT2D eigenvalue weighted by Gasteiger charge is -2.24. The van der Waals surface area contributed by atoms with E-state index >= 15 is 0 Å². The van der Waals surface area contributed by atoms with Crippen LogP contribution in [0.4, 0.5) is 0 Å². The number of allylic oxidation sites excluding steroid dienone is 2. The molecular formula is C22H22O2. The Bertz CT molecular complexity index is 827. The van der Waals surface area contributed by atoms with Crippen LogP contribution in [0.25, 0.3) is 11.1 Å². The fraction of sp³-hybridized carbons (Fsp3) is 0.273. The van der Waals surface area contributed by atoms with Crippen LogP contribution in [0.2, 0.25) is 0 Å². The average Bonchev–Trinajstić information content (AvgIpc) is 2.61. The number of benzene rings is 2. The zero-order chi connectivity index (χ0) is 17.1. The molecule has 3 rings (SSSR count). The lowest BCUT2D eigenvalue weighted by atomic mass is 9.78. The minimum absolute atomic E-state index is 0.119. The highest BCUT2D eigenvalue weighted by atomic mass is 16.1. The van der Waals surface area contributed by atoms with Crippen LogP contribution >= 0.6 is 0 Å². The van der Waals surface area contributed by atoms with E-state index in [0.29, 0.717) is 19.3 Å². The van der Waals surface area contributed by atoms with E-state index in [4.69, 9.17) is 0 Å². The second-order valence-corrected chi connectivity index (χ2v) is 6.19. The Hall–Kier alpha value is -2.48. The molecule has 0 aliphatic heterocycles. The van der Waals surface area contributed by atoms with Crippen LogP contribution in [-0.2, 0) is 22.4 Å². The van der Waals surface area contributed by atoms with Crippen LogP contribution in [0.5, 0.6) is 0 Å². The van der Waals surface area contributed by atoms with Gasteiger partial charge in [-0.1, -0.05) is 62.4 Å². The predicted octanol–water partition coefficient (Wildman–Crippen LogP) is 4.65. The number of hydrogen-bond donors (Lipinski definition) is 0. The Labute approximate surface area is 143 Å². The molecule has 24 heavy (non-hydrogen) atoms. The van der Waals surface area contributed by atoms with Crippen molar-refractivity contribution in [3.05, 3.63) is 70.8 Å². The van der Waals surface area contributed by atoms with E-state index in [1.165, 1.54) is 0 Å². The van der Waals surface area contributed by atoms with Gasteiger partial charge in [0.25, 0.3) is 0 Å². The number of carbonyl (C=O) groups excluding carboxylic acids is 2. The first kappa shape index (κ1) is 16.4. The molecule has 0 fully saturated rings. The average molecular weight is 318 g/mol. The van der Waals surface area contributed by atoms with Gasteiger partial charge in [-0.25, -0.2) is 0 Å². The molecule has 0 saturated carbocycles. The maximum atomic E-state index is 12.9. The standard InChI is InChI=1S/C22H22O2/c1-3-15-9-5-8-12-19(15)22-20(14-17(23)4-2)18-11-7-6-10-16(18)13-21(22)24/h5-12H,3-4,13-14H2,1-2H3. The molecule has 2 nitrogen and oxygen atoms in total. The Morgan fingerprint density at radius 1 is 0.958 bits per heavy atom. The molecule has 0 unspecified atom stereocenters. The van der Waals surface area contributed by atoms with Gasteiger partial charge in [0.05, 0.1) is 0 Å². The van der Waals surface area contributed by atoms with Crippen molar-refractivity contribution in [2.24, 2.45) is 0 Å². The van der Waals surface area contributed by atoms with Gasteiger partial charge in [-0.05, 0) is 34.2 Å². The van der Waals surface area contributed by atoms with Crippen LogP contribution in [0.3, 0.4) is 0 Å². The molecule has 122 valence electrons. The van der Waals surface area contributed by atoms with E-state index in [1.807, 2.05) is 49.4 Å². The van der Waals surface area contributed by atoms with Crippen molar-refractivity contribution < 1.29 is 9.59 Å². The van der Waals surface area contributed by atoms with E-state index in [9.17, 15) is 9.59 Å². The van der Waals surface area contributed by atoms with Crippen molar-refractivity contribution in [1.29, 1.82) is 0 Å². The molecule has 1 aliphatic carbocycles. The summed E-state index contributed by atoms with van der Waals surface area (Å²) in [5, 5.41) is 0. The van der Waals surface area contributed by atoms with Crippen LogP contribution in [0.1, 0.15) is 48.9 Å². The van der Waals surface area contributed by atoms with E-state index in [2.05, 4.69) is 13.0 Å². The lowest BCUT2D eigenvalue weighted by Crippen LogP contribution is -2.17. The zero-order valence-electron chi connectivity index (χ0n) is 14.3. The van der Waals surface area contributed by atoms with E-state index in [-0.39, 0.29) is 11.6 Å². The fourth-order valence-electron chi connectivity index (χ4n) is 3.42. The molecule has 0 amide bonds. The molecule has 0 saturated heterocycles. The minimum Gasteiger partial charge on any atom is -0.299 e. The van der Waals surface area contributed by atoms with Crippen LogP contribution in [0, 0.1) is 0 Å². The van der Waals surface area contributed by atoms with Gasteiger partial charge >= 0.3 is 0 Å². The molecule has 0 radical (unpaired) electrons. The van der Waals surface area contributed by atoms with Crippen molar-refractivity contribution in [1.82, 2.24) is 0 Å². The van der Waals surface area contributed by atoms with Crippen LogP contribution in [-0.4, -0.2) is 11.6 Å². The third kappa shape index (κ3) is 2.96. The van der Waals surface area contributed by atoms with Crippen molar-refractivity contribution in [2.45, 2.75) is 39.5 Å². The Morgan fingerprint density at radius 3 is 2.33 bits per heavy atom. The van der Waals surface area contributed by atoms with Gasteiger partial charge in [0.1, 0.15) is 5.78 Å². The molecule has 0 atom stereocenters. The second-order valence-electron chi connectivity index (χ2n) is 6.19. The molecule has 0 heterocycles. The summed E-state index contributed by atoms with van der Waals surface area (Å²) in [6.07, 6.45) is 2.09. The normalized spacial score (nSPS) is 13.8. The number of ketones is 2. The smallest absolute Gasteiger partial charge is 0.168 e. The molecule has 2 heteroatoms. The summed E-state index contributed by atoms with van der Waals surface area (Å²) in [5.41, 5.74) is 5.86. The lowest BCUT2D eigenvalue weighted by molar-refractivity contribution is -0.117. The Morgan fingerprint density at radius 2 is 1.62 bits per heavy atom. The number of Topliss-reactive ketones (excluding diaryl/α,β-unsaturated/α-hetero) is 2. The predicted molar refractivity (Wildman–Crippen MR) is 97.7 cm³/mol. The van der Waals surface area contributed by atoms with Crippen LogP contribution < -0.4 is 0 Å². The SMILES string of the molecule is CCC(=O)CC1=C(c2ccccc2CC)C(=O)Cc2ccccc21. The van der Waals surface area contributed by atoms with E-state index < -0.39 is 0 Å². The van der Waals surface area contributed by atoms with Crippen molar-refractivity contribution >= 4 is 22.7 Å². The Balaban J connectivity index is 2.27. The van der Waals surface area contributed by atoms with Gasteiger partial charge in [-0.2, -0.15) is 0 Å². The van der Waals surface area contributed by atoms with Crippen molar-refractivity contribution in [3.8, 4) is 0 Å². The van der Waals surface area contributed by atoms with Gasteiger partial charge in [0.15, 0.2) is 5.78 Å². The monoisotopic (exact) mass is 318 g/mol.